The van der Waals surface area contributed by atoms with Crippen molar-refractivity contribution >= 4 is 11.6 Å². The van der Waals surface area contributed by atoms with Crippen molar-refractivity contribution < 1.29 is 4.79 Å². The van der Waals surface area contributed by atoms with Crippen LogP contribution in [0, 0.1) is 5.41 Å². The Bertz CT molecular complexity index is 393. The van der Waals surface area contributed by atoms with Crippen LogP contribution >= 0.6 is 0 Å². The van der Waals surface area contributed by atoms with Crippen LogP contribution in [-0.2, 0) is 4.79 Å². The summed E-state index contributed by atoms with van der Waals surface area (Å²) in [6.45, 7) is 7.08. The minimum absolute atomic E-state index is 0.0442. The van der Waals surface area contributed by atoms with E-state index in [1.165, 1.54) is 0 Å². The molecule has 0 saturated carbocycles. The summed E-state index contributed by atoms with van der Waals surface area (Å²) in [7, 11) is 0. The van der Waals surface area contributed by atoms with Crippen molar-refractivity contribution in [3.8, 4) is 0 Å². The number of amides is 1. The summed E-state index contributed by atoms with van der Waals surface area (Å²) in [6, 6.07) is 3.67. The molecule has 0 aromatic carbocycles. The van der Waals surface area contributed by atoms with Crippen LogP contribution in [0.4, 0.5) is 5.69 Å². The lowest BCUT2D eigenvalue weighted by Crippen LogP contribution is -2.41. The predicted molar refractivity (Wildman–Crippen MR) is 72.3 cm³/mol. The molecule has 1 fully saturated rings. The van der Waals surface area contributed by atoms with Crippen LogP contribution in [0.5, 0.6) is 0 Å². The standard InChI is InChI=1S/C14H21N3O/c1-14(2)5-8-17(9-6-14)11-13(18)16-12-4-3-7-15-10-12/h3-4,7,10H,5-6,8-9,11H2,1-2H3,(H,16,18). The molecule has 2 heterocycles. The molecule has 0 spiro atoms. The van der Waals surface area contributed by atoms with Gasteiger partial charge in [-0.25, -0.2) is 0 Å². The third kappa shape index (κ3) is 3.81. The Morgan fingerprint density at radius 3 is 2.78 bits per heavy atom. The maximum absolute atomic E-state index is 11.9. The fraction of sp³-hybridized carbons (Fsp3) is 0.571. The van der Waals surface area contributed by atoms with Gasteiger partial charge in [0.05, 0.1) is 18.4 Å². The highest BCUT2D eigenvalue weighted by Crippen LogP contribution is 2.29. The van der Waals surface area contributed by atoms with Gasteiger partial charge < -0.3 is 5.32 Å². The first-order valence-corrected chi connectivity index (χ1v) is 6.47. The van der Waals surface area contributed by atoms with E-state index in [4.69, 9.17) is 0 Å². The second kappa shape index (κ2) is 5.48. The first-order valence-electron chi connectivity index (χ1n) is 6.47. The lowest BCUT2D eigenvalue weighted by Gasteiger charge is -2.36. The van der Waals surface area contributed by atoms with Crippen molar-refractivity contribution in [3.63, 3.8) is 0 Å². The molecule has 1 saturated heterocycles. The number of piperidine rings is 1. The Balaban J connectivity index is 1.79. The zero-order chi connectivity index (χ0) is 13.0. The summed E-state index contributed by atoms with van der Waals surface area (Å²) in [5.74, 6) is 0.0442. The van der Waals surface area contributed by atoms with Gasteiger partial charge >= 0.3 is 0 Å². The summed E-state index contributed by atoms with van der Waals surface area (Å²) in [6.07, 6.45) is 5.68. The van der Waals surface area contributed by atoms with E-state index in [2.05, 4.69) is 29.0 Å². The number of carbonyl (C=O) groups is 1. The Kier molecular flexibility index (Phi) is 3.97. The average molecular weight is 247 g/mol. The lowest BCUT2D eigenvalue weighted by molar-refractivity contribution is -0.117. The molecule has 1 N–H and O–H groups in total. The number of carbonyl (C=O) groups excluding carboxylic acids is 1. The zero-order valence-corrected chi connectivity index (χ0v) is 11.1. The van der Waals surface area contributed by atoms with Crippen molar-refractivity contribution in [2.45, 2.75) is 26.7 Å². The third-order valence-electron chi connectivity index (χ3n) is 3.52. The van der Waals surface area contributed by atoms with Crippen molar-refractivity contribution in [2.75, 3.05) is 25.0 Å². The number of hydrogen-bond donors (Lipinski definition) is 1. The molecule has 0 bridgehead atoms. The average Bonchev–Trinajstić information content (AvgIpc) is 2.33. The molecule has 4 nitrogen and oxygen atoms in total. The van der Waals surface area contributed by atoms with Gasteiger partial charge in [0.15, 0.2) is 0 Å². The fourth-order valence-corrected chi connectivity index (χ4v) is 2.16. The number of hydrogen-bond acceptors (Lipinski definition) is 3. The number of aromatic nitrogens is 1. The minimum atomic E-state index is 0.0442. The van der Waals surface area contributed by atoms with Crippen molar-refractivity contribution in [1.82, 2.24) is 9.88 Å². The van der Waals surface area contributed by atoms with Gasteiger partial charge in [0, 0.05) is 6.20 Å². The number of nitrogens with zero attached hydrogens (tertiary/aromatic N) is 2. The minimum Gasteiger partial charge on any atom is -0.324 e. The maximum Gasteiger partial charge on any atom is 0.238 e. The molecule has 1 aromatic heterocycles. The highest BCUT2D eigenvalue weighted by molar-refractivity contribution is 5.92. The van der Waals surface area contributed by atoms with Crippen LogP contribution in [0.3, 0.4) is 0 Å². The van der Waals surface area contributed by atoms with Crippen molar-refractivity contribution in [1.29, 1.82) is 0 Å². The topological polar surface area (TPSA) is 45.2 Å². The van der Waals surface area contributed by atoms with E-state index >= 15 is 0 Å². The van der Waals surface area contributed by atoms with Crippen LogP contribution in [0.2, 0.25) is 0 Å². The normalized spacial score (nSPS) is 19.4. The molecule has 0 aliphatic carbocycles. The second-order valence-corrected chi connectivity index (χ2v) is 5.73. The molecule has 0 radical (unpaired) electrons. The van der Waals surface area contributed by atoms with Gasteiger partial charge in [0.25, 0.3) is 0 Å². The van der Waals surface area contributed by atoms with Crippen LogP contribution in [0.25, 0.3) is 0 Å². The van der Waals surface area contributed by atoms with Gasteiger partial charge in [0.1, 0.15) is 0 Å². The van der Waals surface area contributed by atoms with Crippen molar-refractivity contribution in [2.24, 2.45) is 5.41 Å². The maximum atomic E-state index is 11.9. The summed E-state index contributed by atoms with van der Waals surface area (Å²) >= 11 is 0. The Morgan fingerprint density at radius 1 is 1.44 bits per heavy atom. The molecule has 98 valence electrons. The lowest BCUT2D eigenvalue weighted by atomic mass is 9.83. The van der Waals surface area contributed by atoms with Gasteiger partial charge in [-0.15, -0.1) is 0 Å². The molecule has 1 amide bonds. The Labute approximate surface area is 108 Å². The third-order valence-corrected chi connectivity index (χ3v) is 3.52. The Hall–Kier alpha value is -1.42. The van der Waals surface area contributed by atoms with Gasteiger partial charge in [0.2, 0.25) is 5.91 Å². The highest BCUT2D eigenvalue weighted by atomic mass is 16.2. The number of likely N-dealkylation sites (tertiary alicyclic amines) is 1. The molecule has 1 aliphatic rings. The van der Waals surface area contributed by atoms with Crippen molar-refractivity contribution in [3.05, 3.63) is 24.5 Å². The number of rotatable bonds is 3. The molecule has 2 rings (SSSR count). The van der Waals surface area contributed by atoms with E-state index < -0.39 is 0 Å². The van der Waals surface area contributed by atoms with Gasteiger partial charge in [-0.1, -0.05) is 13.8 Å². The van der Waals surface area contributed by atoms with Crippen LogP contribution in [-0.4, -0.2) is 35.4 Å². The molecule has 0 unspecified atom stereocenters. The molecule has 4 heteroatoms. The molecule has 1 aromatic rings. The van der Waals surface area contributed by atoms with Gasteiger partial charge in [-0.05, 0) is 43.5 Å². The summed E-state index contributed by atoms with van der Waals surface area (Å²) in [5, 5.41) is 2.87. The van der Waals surface area contributed by atoms with E-state index in [1.54, 1.807) is 12.4 Å². The number of nitrogens with one attached hydrogen (secondary N) is 1. The van der Waals surface area contributed by atoms with E-state index in [-0.39, 0.29) is 5.91 Å². The smallest absolute Gasteiger partial charge is 0.238 e. The van der Waals surface area contributed by atoms with E-state index in [1.807, 2.05) is 12.1 Å². The van der Waals surface area contributed by atoms with Gasteiger partial charge in [-0.2, -0.15) is 0 Å². The van der Waals surface area contributed by atoms with Crippen LogP contribution in [0.15, 0.2) is 24.5 Å². The molecule has 1 aliphatic heterocycles. The Morgan fingerprint density at radius 2 is 2.17 bits per heavy atom. The van der Waals surface area contributed by atoms with E-state index in [0.717, 1.165) is 31.6 Å². The zero-order valence-electron chi connectivity index (χ0n) is 11.1. The van der Waals surface area contributed by atoms with Crippen LogP contribution in [0.1, 0.15) is 26.7 Å². The fourth-order valence-electron chi connectivity index (χ4n) is 2.16. The molecule has 0 atom stereocenters. The molecule has 18 heavy (non-hydrogen) atoms. The highest BCUT2D eigenvalue weighted by Gasteiger charge is 2.26. The summed E-state index contributed by atoms with van der Waals surface area (Å²) < 4.78 is 0. The quantitative estimate of drug-likeness (QED) is 0.890. The van der Waals surface area contributed by atoms with E-state index in [0.29, 0.717) is 12.0 Å². The summed E-state index contributed by atoms with van der Waals surface area (Å²) in [5.41, 5.74) is 1.19. The number of pyridine rings is 1. The SMILES string of the molecule is CC1(C)CCN(CC(=O)Nc2cccnc2)CC1. The number of anilines is 1. The largest absolute Gasteiger partial charge is 0.324 e. The first kappa shape index (κ1) is 13.0. The first-order chi connectivity index (χ1) is 8.55. The second-order valence-electron chi connectivity index (χ2n) is 5.73. The van der Waals surface area contributed by atoms with Gasteiger partial charge in [-0.3, -0.25) is 14.7 Å². The van der Waals surface area contributed by atoms with Crippen LogP contribution < -0.4 is 5.32 Å². The van der Waals surface area contributed by atoms with E-state index in [9.17, 15) is 4.79 Å². The molecular formula is C14H21N3O. The predicted octanol–water partition coefficient (Wildman–Crippen LogP) is 2.14. The monoisotopic (exact) mass is 247 g/mol. The molecular weight excluding hydrogens is 226 g/mol. The summed E-state index contributed by atoms with van der Waals surface area (Å²) in [4.78, 5) is 18.1.